The van der Waals surface area contributed by atoms with E-state index < -0.39 is 5.97 Å². The summed E-state index contributed by atoms with van der Waals surface area (Å²) in [5, 5.41) is 11.9. The Kier molecular flexibility index (Phi) is 6.39. The first-order valence-corrected chi connectivity index (χ1v) is 8.73. The molecule has 0 unspecified atom stereocenters. The van der Waals surface area contributed by atoms with Crippen LogP contribution in [-0.2, 0) is 11.4 Å². The number of carboxylic acid groups (broad SMARTS) is 1. The number of amides is 1. The summed E-state index contributed by atoms with van der Waals surface area (Å²) in [6.45, 7) is 1.91. The van der Waals surface area contributed by atoms with E-state index in [1.165, 1.54) is 6.07 Å². The fraction of sp³-hybridized carbons (Fsp3) is 0.176. The first-order valence-electron chi connectivity index (χ1n) is 7.14. The van der Waals surface area contributed by atoms with Gasteiger partial charge in [0.05, 0.1) is 15.7 Å². The van der Waals surface area contributed by atoms with Gasteiger partial charge in [0.15, 0.2) is 0 Å². The summed E-state index contributed by atoms with van der Waals surface area (Å²) in [4.78, 5) is 22.9. The lowest BCUT2D eigenvalue weighted by molar-refractivity contribution is -0.115. The molecule has 0 aliphatic rings. The Balaban J connectivity index is 2.17. The number of carbonyl (C=O) groups is 2. The van der Waals surface area contributed by atoms with Gasteiger partial charge in [-0.05, 0) is 51.8 Å². The Morgan fingerprint density at radius 3 is 2.54 bits per heavy atom. The van der Waals surface area contributed by atoms with Crippen LogP contribution in [0.4, 0.5) is 5.69 Å². The normalized spacial score (nSPS) is 10.3. The average molecular weight is 457 g/mol. The monoisotopic (exact) mass is 455 g/mol. The standard InChI is InChI=1S/C17H15Br2NO4/c1-2-16(21)20-14-5-3-10(7-12(14)17(22)23)9-24-15-6-4-11(18)8-13(15)19/h3-8H,2,9H2,1H3,(H,20,21)(H,22,23). The van der Waals surface area contributed by atoms with Gasteiger partial charge in [-0.25, -0.2) is 4.79 Å². The average Bonchev–Trinajstić information content (AvgIpc) is 2.54. The number of hydrogen-bond donors (Lipinski definition) is 2. The lowest BCUT2D eigenvalue weighted by Gasteiger charge is -2.12. The van der Waals surface area contributed by atoms with Crippen LogP contribution in [0.25, 0.3) is 0 Å². The van der Waals surface area contributed by atoms with Gasteiger partial charge in [0.1, 0.15) is 12.4 Å². The molecule has 0 saturated carbocycles. The zero-order valence-corrected chi connectivity index (χ0v) is 16.0. The first kappa shape index (κ1) is 18.5. The smallest absolute Gasteiger partial charge is 0.337 e. The predicted molar refractivity (Wildman–Crippen MR) is 98.5 cm³/mol. The number of nitrogens with one attached hydrogen (secondary N) is 1. The van der Waals surface area contributed by atoms with Crippen molar-refractivity contribution in [2.45, 2.75) is 20.0 Å². The molecule has 5 nitrogen and oxygen atoms in total. The van der Waals surface area contributed by atoms with Crippen LogP contribution in [-0.4, -0.2) is 17.0 Å². The quantitative estimate of drug-likeness (QED) is 0.652. The second kappa shape index (κ2) is 8.30. The van der Waals surface area contributed by atoms with E-state index in [0.29, 0.717) is 11.3 Å². The highest BCUT2D eigenvalue weighted by Crippen LogP contribution is 2.29. The van der Waals surface area contributed by atoms with Crippen LogP contribution in [0.5, 0.6) is 5.75 Å². The molecule has 24 heavy (non-hydrogen) atoms. The minimum Gasteiger partial charge on any atom is -0.488 e. The summed E-state index contributed by atoms with van der Waals surface area (Å²) in [5.41, 5.74) is 1.01. The molecule has 2 rings (SSSR count). The molecule has 2 aromatic rings. The maximum absolute atomic E-state index is 11.5. The van der Waals surface area contributed by atoms with Crippen molar-refractivity contribution in [3.8, 4) is 5.75 Å². The third kappa shape index (κ3) is 4.82. The number of rotatable bonds is 6. The molecular formula is C17H15Br2NO4. The highest BCUT2D eigenvalue weighted by atomic mass is 79.9. The van der Waals surface area contributed by atoms with Crippen molar-refractivity contribution in [1.29, 1.82) is 0 Å². The van der Waals surface area contributed by atoms with Crippen LogP contribution < -0.4 is 10.1 Å². The molecule has 0 saturated heterocycles. The van der Waals surface area contributed by atoms with Crippen LogP contribution in [0.3, 0.4) is 0 Å². The van der Waals surface area contributed by atoms with E-state index in [1.807, 2.05) is 18.2 Å². The van der Waals surface area contributed by atoms with E-state index in [4.69, 9.17) is 4.74 Å². The molecule has 0 aliphatic carbocycles. The van der Waals surface area contributed by atoms with E-state index in [2.05, 4.69) is 37.2 Å². The molecule has 126 valence electrons. The van der Waals surface area contributed by atoms with E-state index in [-0.39, 0.29) is 30.2 Å². The van der Waals surface area contributed by atoms with Gasteiger partial charge in [-0.1, -0.05) is 28.9 Å². The summed E-state index contributed by atoms with van der Waals surface area (Å²) in [6, 6.07) is 10.3. The fourth-order valence-corrected chi connectivity index (χ4v) is 3.12. The topological polar surface area (TPSA) is 75.6 Å². The Morgan fingerprint density at radius 1 is 1.17 bits per heavy atom. The second-order valence-electron chi connectivity index (χ2n) is 4.95. The Labute approximate surface area is 156 Å². The predicted octanol–water partition coefficient (Wildman–Crippen LogP) is 4.84. The van der Waals surface area contributed by atoms with E-state index in [0.717, 1.165) is 8.95 Å². The van der Waals surface area contributed by atoms with Crippen LogP contribution >= 0.6 is 31.9 Å². The molecule has 7 heteroatoms. The highest BCUT2D eigenvalue weighted by Gasteiger charge is 2.13. The summed E-state index contributed by atoms with van der Waals surface area (Å²) < 4.78 is 7.42. The van der Waals surface area contributed by atoms with Gasteiger partial charge in [0, 0.05) is 10.9 Å². The van der Waals surface area contributed by atoms with Crippen molar-refractivity contribution < 1.29 is 19.4 Å². The molecule has 0 heterocycles. The summed E-state index contributed by atoms with van der Waals surface area (Å²) in [6.07, 6.45) is 0.279. The van der Waals surface area contributed by atoms with E-state index >= 15 is 0 Å². The van der Waals surface area contributed by atoms with Gasteiger partial charge < -0.3 is 15.2 Å². The number of aromatic carboxylic acids is 1. The van der Waals surface area contributed by atoms with Gasteiger partial charge in [0.2, 0.25) is 5.91 Å². The number of halogens is 2. The molecule has 0 aliphatic heterocycles. The minimum absolute atomic E-state index is 0.0350. The lowest BCUT2D eigenvalue weighted by Crippen LogP contribution is -2.13. The molecule has 0 atom stereocenters. The number of anilines is 1. The van der Waals surface area contributed by atoms with Crippen molar-refractivity contribution in [2.75, 3.05) is 5.32 Å². The zero-order chi connectivity index (χ0) is 17.7. The largest absolute Gasteiger partial charge is 0.488 e. The minimum atomic E-state index is -1.10. The van der Waals surface area contributed by atoms with Crippen molar-refractivity contribution in [2.24, 2.45) is 0 Å². The van der Waals surface area contributed by atoms with E-state index in [9.17, 15) is 14.7 Å². The summed E-state index contributed by atoms with van der Waals surface area (Å²) >= 11 is 6.77. The van der Waals surface area contributed by atoms with Crippen LogP contribution in [0, 0.1) is 0 Å². The first-order chi connectivity index (χ1) is 11.4. The number of carboxylic acids is 1. The molecule has 0 bridgehead atoms. The van der Waals surface area contributed by atoms with Crippen molar-refractivity contribution >= 4 is 49.4 Å². The maximum atomic E-state index is 11.5. The molecule has 0 spiro atoms. The third-order valence-corrected chi connectivity index (χ3v) is 4.31. The Bertz CT molecular complexity index is 777. The Morgan fingerprint density at radius 2 is 1.92 bits per heavy atom. The molecule has 0 radical (unpaired) electrons. The maximum Gasteiger partial charge on any atom is 0.337 e. The molecular weight excluding hydrogens is 442 g/mol. The number of carbonyl (C=O) groups excluding carboxylic acids is 1. The van der Waals surface area contributed by atoms with Crippen molar-refractivity contribution in [1.82, 2.24) is 0 Å². The summed E-state index contributed by atoms with van der Waals surface area (Å²) in [5.74, 6) is -0.688. The SMILES string of the molecule is CCC(=O)Nc1ccc(COc2ccc(Br)cc2Br)cc1C(=O)O. The number of ether oxygens (including phenoxy) is 1. The molecule has 2 N–H and O–H groups in total. The number of hydrogen-bond acceptors (Lipinski definition) is 3. The highest BCUT2D eigenvalue weighted by molar-refractivity contribution is 9.11. The van der Waals surface area contributed by atoms with Crippen LogP contribution in [0.15, 0.2) is 45.3 Å². The Hall–Kier alpha value is -1.86. The molecule has 0 fully saturated rings. The second-order valence-corrected chi connectivity index (χ2v) is 6.72. The number of benzene rings is 2. The molecule has 2 aromatic carbocycles. The van der Waals surface area contributed by atoms with Crippen molar-refractivity contribution in [3.63, 3.8) is 0 Å². The van der Waals surface area contributed by atoms with Gasteiger partial charge in [-0.15, -0.1) is 0 Å². The molecule has 0 aromatic heterocycles. The molecule has 1 amide bonds. The van der Waals surface area contributed by atoms with Gasteiger partial charge in [-0.3, -0.25) is 4.79 Å². The van der Waals surface area contributed by atoms with Crippen LogP contribution in [0.2, 0.25) is 0 Å². The third-order valence-electron chi connectivity index (χ3n) is 3.20. The summed E-state index contributed by atoms with van der Waals surface area (Å²) in [7, 11) is 0. The van der Waals surface area contributed by atoms with Crippen molar-refractivity contribution in [3.05, 3.63) is 56.5 Å². The fourth-order valence-electron chi connectivity index (χ4n) is 1.96. The van der Waals surface area contributed by atoms with E-state index in [1.54, 1.807) is 19.1 Å². The van der Waals surface area contributed by atoms with Crippen LogP contribution in [0.1, 0.15) is 29.3 Å². The van der Waals surface area contributed by atoms with Gasteiger partial charge in [-0.2, -0.15) is 0 Å². The lowest BCUT2D eigenvalue weighted by atomic mass is 10.1. The van der Waals surface area contributed by atoms with Gasteiger partial charge in [0.25, 0.3) is 0 Å². The zero-order valence-electron chi connectivity index (χ0n) is 12.8. The van der Waals surface area contributed by atoms with Gasteiger partial charge >= 0.3 is 5.97 Å².